The molecule has 0 saturated carbocycles. The highest BCUT2D eigenvalue weighted by Crippen LogP contribution is 2.40. The van der Waals surface area contributed by atoms with E-state index in [9.17, 15) is 15.0 Å². The summed E-state index contributed by atoms with van der Waals surface area (Å²) >= 11 is 12.8. The Labute approximate surface area is 198 Å². The number of aliphatic hydroxyl groups excluding tert-OH is 2. The second-order valence-electron chi connectivity index (χ2n) is 7.13. The first kappa shape index (κ1) is 22.8. The second kappa shape index (κ2) is 9.23. The summed E-state index contributed by atoms with van der Waals surface area (Å²) in [5, 5.41) is 36.5. The molecule has 1 aliphatic heterocycles. The Balaban J connectivity index is 1.66. The molecule has 2 heterocycles. The molecule has 4 rings (SSSR count). The van der Waals surface area contributed by atoms with E-state index in [0.29, 0.717) is 11.4 Å². The molecule has 2 aromatic carbocycles. The maximum absolute atomic E-state index is 12.3. The number of pyridine rings is 1. The molecule has 3 aromatic rings. The number of halogens is 2. The first-order valence-electron chi connectivity index (χ1n) is 9.63. The lowest BCUT2D eigenvalue weighted by atomic mass is 10.2. The van der Waals surface area contributed by atoms with E-state index < -0.39 is 12.6 Å². The standard InChI is InChI=1S/C22H17Cl2N5O4/c1-12-2-4-13(5-3-12)28-11-15(6-7-19(28)30)33-20-16(23)8-14(9-17(20)24)29-22(32)26-21(31)18(10-25)27-29/h2-9,11,21-22,26,31-32H,1H3. The third-order valence-electron chi connectivity index (χ3n) is 4.79. The van der Waals surface area contributed by atoms with Crippen LogP contribution >= 0.6 is 23.2 Å². The van der Waals surface area contributed by atoms with Crippen molar-refractivity contribution in [2.75, 3.05) is 5.01 Å². The highest BCUT2D eigenvalue weighted by atomic mass is 35.5. The molecule has 1 aromatic heterocycles. The summed E-state index contributed by atoms with van der Waals surface area (Å²) in [5.74, 6) is 0.444. The Bertz CT molecular complexity index is 1310. The van der Waals surface area contributed by atoms with Gasteiger partial charge in [-0.2, -0.15) is 10.4 Å². The summed E-state index contributed by atoms with van der Waals surface area (Å²) in [7, 11) is 0. The van der Waals surface area contributed by atoms with E-state index in [4.69, 9.17) is 33.2 Å². The van der Waals surface area contributed by atoms with Crippen LogP contribution in [-0.4, -0.2) is 33.1 Å². The van der Waals surface area contributed by atoms with E-state index in [0.717, 1.165) is 10.6 Å². The number of aromatic nitrogens is 1. The summed E-state index contributed by atoms with van der Waals surface area (Å²) in [5.41, 5.74) is 1.50. The zero-order valence-electron chi connectivity index (χ0n) is 17.1. The van der Waals surface area contributed by atoms with Gasteiger partial charge in [0.2, 0.25) is 6.35 Å². The van der Waals surface area contributed by atoms with Crippen LogP contribution in [-0.2, 0) is 0 Å². The third kappa shape index (κ3) is 4.71. The summed E-state index contributed by atoms with van der Waals surface area (Å²) in [6.45, 7) is 1.95. The van der Waals surface area contributed by atoms with E-state index in [2.05, 4.69) is 10.4 Å². The first-order chi connectivity index (χ1) is 15.8. The van der Waals surface area contributed by atoms with Gasteiger partial charge in [-0.25, -0.2) is 10.3 Å². The number of anilines is 1. The van der Waals surface area contributed by atoms with Crippen molar-refractivity contribution in [2.45, 2.75) is 19.5 Å². The van der Waals surface area contributed by atoms with Crippen LogP contribution in [0.15, 0.2) is 64.6 Å². The SMILES string of the molecule is Cc1ccc(-n2cc(Oc3c(Cl)cc(N4N=C(C#N)C(O)NC4O)cc3Cl)ccc2=O)cc1. The van der Waals surface area contributed by atoms with Crippen LogP contribution in [0.4, 0.5) is 5.69 Å². The number of hydrogen-bond acceptors (Lipinski definition) is 8. The fourth-order valence-electron chi connectivity index (χ4n) is 3.13. The molecule has 0 aliphatic carbocycles. The number of ether oxygens (including phenoxy) is 1. The van der Waals surface area contributed by atoms with Crippen LogP contribution < -0.4 is 20.6 Å². The number of nitrogens with zero attached hydrogens (tertiary/aromatic N) is 4. The van der Waals surface area contributed by atoms with Gasteiger partial charge >= 0.3 is 0 Å². The summed E-state index contributed by atoms with van der Waals surface area (Å²) in [6, 6.07) is 14.9. The Morgan fingerprint density at radius 1 is 1.09 bits per heavy atom. The number of hydrogen-bond donors (Lipinski definition) is 3. The molecule has 0 amide bonds. The smallest absolute Gasteiger partial charge is 0.255 e. The molecule has 1 aliphatic rings. The molecular weight excluding hydrogens is 469 g/mol. The molecular formula is C22H17Cl2N5O4. The van der Waals surface area contributed by atoms with Gasteiger partial charge in [0.1, 0.15) is 11.8 Å². The molecule has 9 nitrogen and oxygen atoms in total. The normalized spacial score (nSPS) is 17.9. The number of aliphatic hydroxyl groups is 2. The van der Waals surface area contributed by atoms with E-state index >= 15 is 0 Å². The van der Waals surface area contributed by atoms with Gasteiger partial charge < -0.3 is 14.9 Å². The van der Waals surface area contributed by atoms with Gasteiger partial charge in [-0.15, -0.1) is 0 Å². The molecule has 3 N–H and O–H groups in total. The third-order valence-corrected chi connectivity index (χ3v) is 5.35. The molecule has 2 atom stereocenters. The Morgan fingerprint density at radius 2 is 1.76 bits per heavy atom. The lowest BCUT2D eigenvalue weighted by molar-refractivity contribution is 0.0631. The summed E-state index contributed by atoms with van der Waals surface area (Å²) < 4.78 is 7.30. The van der Waals surface area contributed by atoms with Crippen molar-refractivity contribution in [3.05, 3.63) is 80.7 Å². The molecule has 2 unspecified atom stereocenters. The minimum Gasteiger partial charge on any atom is -0.453 e. The van der Waals surface area contributed by atoms with Crippen molar-refractivity contribution in [3.8, 4) is 23.3 Å². The van der Waals surface area contributed by atoms with Gasteiger partial charge in [0.15, 0.2) is 17.7 Å². The van der Waals surface area contributed by atoms with Crippen LogP contribution in [0.5, 0.6) is 11.5 Å². The number of aryl methyl sites for hydroxylation is 1. The fourth-order valence-corrected chi connectivity index (χ4v) is 3.68. The predicted molar refractivity (Wildman–Crippen MR) is 124 cm³/mol. The number of benzene rings is 2. The van der Waals surface area contributed by atoms with Crippen molar-refractivity contribution < 1.29 is 14.9 Å². The quantitative estimate of drug-likeness (QED) is 0.518. The van der Waals surface area contributed by atoms with E-state index in [1.54, 1.807) is 6.07 Å². The van der Waals surface area contributed by atoms with Gasteiger partial charge in [0.25, 0.3) is 5.56 Å². The van der Waals surface area contributed by atoms with Gasteiger partial charge in [0, 0.05) is 11.8 Å². The zero-order valence-corrected chi connectivity index (χ0v) is 18.6. The molecule has 0 radical (unpaired) electrons. The molecule has 0 bridgehead atoms. The fraction of sp³-hybridized carbons (Fsp3) is 0.136. The Hall–Kier alpha value is -3.39. The predicted octanol–water partition coefficient (Wildman–Crippen LogP) is 3.13. The van der Waals surface area contributed by atoms with Crippen molar-refractivity contribution >= 4 is 34.6 Å². The number of nitrogens with one attached hydrogen (secondary N) is 1. The van der Waals surface area contributed by atoms with Crippen molar-refractivity contribution in [1.82, 2.24) is 9.88 Å². The van der Waals surface area contributed by atoms with Gasteiger partial charge in [-0.05, 0) is 37.3 Å². The van der Waals surface area contributed by atoms with Gasteiger partial charge in [-0.1, -0.05) is 40.9 Å². The lowest BCUT2D eigenvalue weighted by Gasteiger charge is -2.32. The Morgan fingerprint density at radius 3 is 2.39 bits per heavy atom. The topological polar surface area (TPSA) is 123 Å². The Kier molecular flexibility index (Phi) is 6.37. The van der Waals surface area contributed by atoms with Crippen molar-refractivity contribution in [2.24, 2.45) is 5.10 Å². The van der Waals surface area contributed by atoms with Gasteiger partial charge in [-0.3, -0.25) is 9.36 Å². The number of rotatable bonds is 4. The average molecular weight is 486 g/mol. The van der Waals surface area contributed by atoms with E-state index in [1.165, 1.54) is 35.0 Å². The molecule has 0 fully saturated rings. The zero-order chi connectivity index (χ0) is 23.7. The summed E-state index contributed by atoms with van der Waals surface area (Å²) in [6.07, 6.45) is -1.30. The second-order valence-corrected chi connectivity index (χ2v) is 7.95. The molecule has 0 spiro atoms. The highest BCUT2D eigenvalue weighted by molar-refractivity contribution is 6.37. The maximum atomic E-state index is 12.3. The first-order valence-corrected chi connectivity index (χ1v) is 10.4. The molecule has 11 heteroatoms. The van der Waals surface area contributed by atoms with Crippen LogP contribution in [0, 0.1) is 18.3 Å². The van der Waals surface area contributed by atoms with Crippen LogP contribution in [0.1, 0.15) is 5.56 Å². The van der Waals surface area contributed by atoms with Crippen molar-refractivity contribution in [3.63, 3.8) is 0 Å². The molecule has 0 saturated heterocycles. The molecule has 168 valence electrons. The van der Waals surface area contributed by atoms with Crippen LogP contribution in [0.2, 0.25) is 10.0 Å². The number of hydrazone groups is 1. The monoisotopic (exact) mass is 485 g/mol. The van der Waals surface area contributed by atoms with Gasteiger partial charge in [0.05, 0.1) is 21.9 Å². The molecule has 33 heavy (non-hydrogen) atoms. The van der Waals surface area contributed by atoms with Crippen LogP contribution in [0.3, 0.4) is 0 Å². The van der Waals surface area contributed by atoms with E-state index in [-0.39, 0.29) is 32.8 Å². The lowest BCUT2D eigenvalue weighted by Crippen LogP contribution is -2.55. The maximum Gasteiger partial charge on any atom is 0.255 e. The van der Waals surface area contributed by atoms with Crippen LogP contribution in [0.25, 0.3) is 5.69 Å². The highest BCUT2D eigenvalue weighted by Gasteiger charge is 2.29. The largest absolute Gasteiger partial charge is 0.453 e. The average Bonchev–Trinajstić information content (AvgIpc) is 2.78. The minimum absolute atomic E-state index is 0.0950. The van der Waals surface area contributed by atoms with E-state index in [1.807, 2.05) is 31.2 Å². The summed E-state index contributed by atoms with van der Waals surface area (Å²) in [4.78, 5) is 12.3. The number of nitriles is 1. The van der Waals surface area contributed by atoms with Crippen molar-refractivity contribution in [1.29, 1.82) is 5.26 Å². The minimum atomic E-state index is -1.42.